The first kappa shape index (κ1) is 23.6. The summed E-state index contributed by atoms with van der Waals surface area (Å²) in [5.41, 5.74) is 1.10. The summed E-state index contributed by atoms with van der Waals surface area (Å²) in [6.45, 7) is 2.49. The van der Waals surface area contributed by atoms with E-state index in [-0.39, 0.29) is 36.1 Å². The van der Waals surface area contributed by atoms with Crippen LogP contribution in [-0.4, -0.2) is 61.9 Å². The number of amides is 1. The van der Waals surface area contributed by atoms with Gasteiger partial charge in [0.2, 0.25) is 0 Å². The lowest BCUT2D eigenvalue weighted by molar-refractivity contribution is -0.140. The molecule has 172 valence electrons. The Morgan fingerprint density at radius 1 is 1.10 bits per heavy atom. The van der Waals surface area contributed by atoms with Gasteiger partial charge in [-0.3, -0.25) is 4.79 Å². The summed E-state index contributed by atoms with van der Waals surface area (Å²) < 4.78 is 29.4. The van der Waals surface area contributed by atoms with E-state index in [0.29, 0.717) is 17.7 Å². The maximum atomic E-state index is 13.1. The number of benzene rings is 1. The number of para-hydroxylation sites is 1. The van der Waals surface area contributed by atoms with Gasteiger partial charge in [-0.05, 0) is 37.8 Å². The third kappa shape index (κ3) is 6.45. The van der Waals surface area contributed by atoms with Gasteiger partial charge in [0.1, 0.15) is 0 Å². The minimum absolute atomic E-state index is 0.00731. The number of rotatable bonds is 9. The molecular weight excluding hydrogens is 416 g/mol. The van der Waals surface area contributed by atoms with Crippen molar-refractivity contribution in [1.82, 2.24) is 4.90 Å². The highest BCUT2D eigenvalue weighted by Crippen LogP contribution is 2.28. The number of ether oxygens (including phenoxy) is 1. The molecular formula is C23H34N2O5S. The van der Waals surface area contributed by atoms with Crippen LogP contribution in [0.15, 0.2) is 24.3 Å². The number of nitrogens with zero attached hydrogens (tertiary/aromatic N) is 1. The van der Waals surface area contributed by atoms with Crippen LogP contribution in [0, 0.1) is 0 Å². The Labute approximate surface area is 185 Å². The van der Waals surface area contributed by atoms with Crippen molar-refractivity contribution < 1.29 is 22.7 Å². The molecule has 2 aliphatic rings. The Balaban J connectivity index is 1.66. The van der Waals surface area contributed by atoms with E-state index in [0.717, 1.165) is 51.5 Å². The zero-order valence-corrected chi connectivity index (χ0v) is 19.2. The number of nitrogens with one attached hydrogen (secondary N) is 1. The van der Waals surface area contributed by atoms with Crippen LogP contribution < -0.4 is 5.32 Å². The van der Waals surface area contributed by atoms with Crippen molar-refractivity contribution in [2.24, 2.45) is 0 Å². The van der Waals surface area contributed by atoms with Crippen LogP contribution in [-0.2, 0) is 19.4 Å². The molecule has 1 aliphatic heterocycles. The topological polar surface area (TPSA) is 92.8 Å². The van der Waals surface area contributed by atoms with Gasteiger partial charge in [0.25, 0.3) is 5.91 Å². The number of unbranched alkanes of at least 4 members (excludes halogenated alkanes) is 1. The molecule has 1 saturated heterocycles. The van der Waals surface area contributed by atoms with Crippen molar-refractivity contribution in [1.29, 1.82) is 0 Å². The van der Waals surface area contributed by atoms with E-state index < -0.39 is 15.8 Å². The van der Waals surface area contributed by atoms with Gasteiger partial charge in [0.05, 0.1) is 17.1 Å². The first-order valence-corrected chi connectivity index (χ1v) is 13.2. The summed E-state index contributed by atoms with van der Waals surface area (Å²) >= 11 is 0. The van der Waals surface area contributed by atoms with Crippen molar-refractivity contribution in [3.8, 4) is 0 Å². The van der Waals surface area contributed by atoms with Gasteiger partial charge < -0.3 is 15.0 Å². The van der Waals surface area contributed by atoms with Crippen LogP contribution in [0.2, 0.25) is 0 Å². The van der Waals surface area contributed by atoms with Gasteiger partial charge in [-0.2, -0.15) is 0 Å². The third-order valence-corrected chi connectivity index (χ3v) is 7.93. The van der Waals surface area contributed by atoms with Gasteiger partial charge in [0, 0.05) is 24.3 Å². The molecule has 8 heteroatoms. The monoisotopic (exact) mass is 450 g/mol. The number of hydrogen-bond acceptors (Lipinski definition) is 6. The Morgan fingerprint density at radius 2 is 1.84 bits per heavy atom. The van der Waals surface area contributed by atoms with E-state index in [2.05, 4.69) is 12.2 Å². The number of carbonyl (C=O) groups excluding carboxylic acids is 2. The fourth-order valence-corrected chi connectivity index (χ4v) is 6.27. The lowest BCUT2D eigenvalue weighted by atomic mass is 9.93. The molecule has 0 spiro atoms. The van der Waals surface area contributed by atoms with Crippen LogP contribution in [0.25, 0.3) is 0 Å². The average molecular weight is 451 g/mol. The van der Waals surface area contributed by atoms with Crippen molar-refractivity contribution in [3.05, 3.63) is 29.8 Å². The SMILES string of the molecule is CCCCNc1ccccc1C(=O)OCC(=O)N(C1CCCCC1)[C@@H]1CCS(=O)(=O)C1. The second-order valence-electron chi connectivity index (χ2n) is 8.55. The van der Waals surface area contributed by atoms with Gasteiger partial charge in [0.15, 0.2) is 16.4 Å². The van der Waals surface area contributed by atoms with Gasteiger partial charge in [-0.25, -0.2) is 13.2 Å². The largest absolute Gasteiger partial charge is 0.452 e. The van der Waals surface area contributed by atoms with Crippen LogP contribution in [0.4, 0.5) is 5.69 Å². The molecule has 0 bridgehead atoms. The smallest absolute Gasteiger partial charge is 0.340 e. The molecule has 0 unspecified atom stereocenters. The standard InChI is InChI=1S/C23H34N2O5S/c1-2-3-14-24-21-12-8-7-11-20(21)23(27)30-16-22(26)25(18-9-5-4-6-10-18)19-13-15-31(28,29)17-19/h7-8,11-12,18-19,24H,2-6,9-10,13-17H2,1H3/t19-/m1/s1. The molecule has 1 amide bonds. The molecule has 0 aromatic heterocycles. The van der Waals surface area contributed by atoms with Crippen molar-refractivity contribution >= 4 is 27.4 Å². The minimum Gasteiger partial charge on any atom is -0.452 e. The molecule has 1 aromatic rings. The van der Waals surface area contributed by atoms with Gasteiger partial charge in [-0.15, -0.1) is 0 Å². The first-order valence-electron chi connectivity index (χ1n) is 11.4. The summed E-state index contributed by atoms with van der Waals surface area (Å²) in [6, 6.07) is 6.83. The maximum absolute atomic E-state index is 13.1. The first-order chi connectivity index (χ1) is 14.9. The third-order valence-electron chi connectivity index (χ3n) is 6.18. The quantitative estimate of drug-likeness (QED) is 0.458. The Bertz CT molecular complexity index is 864. The van der Waals surface area contributed by atoms with Gasteiger partial charge >= 0.3 is 5.97 Å². The molecule has 7 nitrogen and oxygen atoms in total. The highest BCUT2D eigenvalue weighted by molar-refractivity contribution is 7.91. The van der Waals surface area contributed by atoms with E-state index in [4.69, 9.17) is 4.74 Å². The minimum atomic E-state index is -3.11. The molecule has 2 fully saturated rings. The van der Waals surface area contributed by atoms with E-state index in [1.807, 2.05) is 12.1 Å². The fourth-order valence-electron chi connectivity index (χ4n) is 4.55. The van der Waals surface area contributed by atoms with E-state index in [1.165, 1.54) is 0 Å². The predicted octanol–water partition coefficient (Wildman–Crippen LogP) is 3.40. The lowest BCUT2D eigenvalue weighted by Crippen LogP contribution is -2.50. The zero-order valence-electron chi connectivity index (χ0n) is 18.3. The number of sulfone groups is 1. The molecule has 3 rings (SSSR count). The Morgan fingerprint density at radius 3 is 2.52 bits per heavy atom. The summed E-state index contributed by atoms with van der Waals surface area (Å²) in [7, 11) is -3.11. The summed E-state index contributed by atoms with van der Waals surface area (Å²) in [5.74, 6) is -0.715. The lowest BCUT2D eigenvalue weighted by Gasteiger charge is -2.38. The number of carbonyl (C=O) groups is 2. The van der Waals surface area contributed by atoms with Crippen LogP contribution in [0.1, 0.15) is 68.6 Å². The molecule has 1 N–H and O–H groups in total. The van der Waals surface area contributed by atoms with E-state index in [1.54, 1.807) is 17.0 Å². The number of anilines is 1. The highest BCUT2D eigenvalue weighted by Gasteiger charge is 2.38. The molecule has 1 saturated carbocycles. The Kier molecular flexibility index (Phi) is 8.35. The molecule has 1 aliphatic carbocycles. The number of esters is 1. The summed E-state index contributed by atoms with van der Waals surface area (Å²) in [6.07, 6.45) is 7.45. The maximum Gasteiger partial charge on any atom is 0.340 e. The Hall–Kier alpha value is -2.09. The summed E-state index contributed by atoms with van der Waals surface area (Å²) in [4.78, 5) is 27.5. The van der Waals surface area contributed by atoms with Crippen molar-refractivity contribution in [2.45, 2.75) is 70.4 Å². The normalized spacial score (nSPS) is 20.9. The molecule has 31 heavy (non-hydrogen) atoms. The van der Waals surface area contributed by atoms with Crippen LogP contribution >= 0.6 is 0 Å². The molecule has 0 radical (unpaired) electrons. The number of hydrogen-bond donors (Lipinski definition) is 1. The average Bonchev–Trinajstić information content (AvgIpc) is 3.12. The molecule has 1 heterocycles. The van der Waals surface area contributed by atoms with Crippen molar-refractivity contribution in [2.75, 3.05) is 30.0 Å². The molecule has 1 aromatic carbocycles. The summed E-state index contributed by atoms with van der Waals surface area (Å²) in [5, 5.41) is 3.25. The second-order valence-corrected chi connectivity index (χ2v) is 10.8. The highest BCUT2D eigenvalue weighted by atomic mass is 32.2. The zero-order chi connectivity index (χ0) is 22.3. The van der Waals surface area contributed by atoms with E-state index in [9.17, 15) is 18.0 Å². The fraction of sp³-hybridized carbons (Fsp3) is 0.652. The molecule has 1 atom stereocenters. The second kappa shape index (κ2) is 11.0. The predicted molar refractivity (Wildman–Crippen MR) is 121 cm³/mol. The van der Waals surface area contributed by atoms with E-state index >= 15 is 0 Å². The van der Waals surface area contributed by atoms with Crippen LogP contribution in [0.5, 0.6) is 0 Å². The van der Waals surface area contributed by atoms with Crippen molar-refractivity contribution in [3.63, 3.8) is 0 Å². The van der Waals surface area contributed by atoms with Gasteiger partial charge in [-0.1, -0.05) is 44.7 Å². The van der Waals surface area contributed by atoms with Crippen LogP contribution in [0.3, 0.4) is 0 Å².